The van der Waals surface area contributed by atoms with Crippen LogP contribution in [0.4, 0.5) is 17.3 Å². The molecule has 0 bridgehead atoms. The molecule has 0 radical (unpaired) electrons. The standard InChI is InChI=1S/C21H32N8/c1-25(2)16-22-17-5-6-18-19(15-17)24-21(29-13-9-27(4)10-14-29)20(23-18)28-11-7-26(3)8-12-28/h5-6,15-16H,7-14H2,1-4H3. The second-order valence-corrected chi connectivity index (χ2v) is 8.33. The zero-order chi connectivity index (χ0) is 20.4. The van der Waals surface area contributed by atoms with Gasteiger partial charge in [0, 0.05) is 66.5 Å². The largest absolute Gasteiger partial charge is 0.369 e. The van der Waals surface area contributed by atoms with Gasteiger partial charge in [-0.05, 0) is 32.3 Å². The van der Waals surface area contributed by atoms with Crippen LogP contribution in [0.25, 0.3) is 11.0 Å². The van der Waals surface area contributed by atoms with Crippen molar-refractivity contribution < 1.29 is 0 Å². The van der Waals surface area contributed by atoms with Gasteiger partial charge in [-0.2, -0.15) is 0 Å². The molecule has 2 aliphatic rings. The molecule has 8 heteroatoms. The molecule has 156 valence electrons. The normalized spacial score (nSPS) is 19.4. The molecule has 29 heavy (non-hydrogen) atoms. The Hall–Kier alpha value is -2.45. The Morgan fingerprint density at radius 2 is 1.31 bits per heavy atom. The fourth-order valence-corrected chi connectivity index (χ4v) is 3.75. The van der Waals surface area contributed by atoms with Crippen LogP contribution in [0.5, 0.6) is 0 Å². The Bertz CT molecular complexity index is 864. The molecule has 0 aliphatic carbocycles. The van der Waals surface area contributed by atoms with Gasteiger partial charge in [-0.1, -0.05) is 0 Å². The first-order chi connectivity index (χ1) is 14.0. The van der Waals surface area contributed by atoms with Crippen molar-refractivity contribution in [2.24, 2.45) is 4.99 Å². The summed E-state index contributed by atoms with van der Waals surface area (Å²) in [6.07, 6.45) is 1.81. The molecule has 2 saturated heterocycles. The van der Waals surface area contributed by atoms with Gasteiger partial charge in [0.25, 0.3) is 0 Å². The van der Waals surface area contributed by atoms with Crippen molar-refractivity contribution in [2.45, 2.75) is 0 Å². The molecule has 0 spiro atoms. The minimum absolute atomic E-state index is 0.900. The fourth-order valence-electron chi connectivity index (χ4n) is 3.75. The molecule has 0 saturated carbocycles. The maximum Gasteiger partial charge on any atom is 0.172 e. The highest BCUT2D eigenvalue weighted by Gasteiger charge is 2.25. The summed E-state index contributed by atoms with van der Waals surface area (Å²) in [7, 11) is 8.30. The lowest BCUT2D eigenvalue weighted by Gasteiger charge is -2.38. The second kappa shape index (κ2) is 8.51. The van der Waals surface area contributed by atoms with Gasteiger partial charge in [-0.15, -0.1) is 0 Å². The number of aromatic nitrogens is 2. The van der Waals surface area contributed by atoms with Gasteiger partial charge in [-0.3, -0.25) is 0 Å². The summed E-state index contributed by atoms with van der Waals surface area (Å²) in [5.74, 6) is 2.04. The minimum atomic E-state index is 0.900. The van der Waals surface area contributed by atoms with Crippen LogP contribution in [0.3, 0.4) is 0 Å². The van der Waals surface area contributed by atoms with Gasteiger partial charge in [0.15, 0.2) is 11.6 Å². The van der Waals surface area contributed by atoms with Crippen LogP contribution < -0.4 is 9.80 Å². The van der Waals surface area contributed by atoms with Gasteiger partial charge in [-0.25, -0.2) is 15.0 Å². The van der Waals surface area contributed by atoms with E-state index in [0.29, 0.717) is 0 Å². The molecule has 2 aromatic rings. The fraction of sp³-hybridized carbons (Fsp3) is 0.571. The first-order valence-corrected chi connectivity index (χ1v) is 10.4. The maximum atomic E-state index is 5.11. The lowest BCUT2D eigenvalue weighted by Crippen LogP contribution is -2.48. The summed E-state index contributed by atoms with van der Waals surface area (Å²) in [5, 5.41) is 0. The summed E-state index contributed by atoms with van der Waals surface area (Å²) in [6.45, 7) is 8.15. The number of benzene rings is 1. The number of hydrogen-bond acceptors (Lipinski definition) is 7. The van der Waals surface area contributed by atoms with E-state index >= 15 is 0 Å². The van der Waals surface area contributed by atoms with Crippen LogP contribution in [0.15, 0.2) is 23.2 Å². The van der Waals surface area contributed by atoms with E-state index in [2.05, 4.69) is 38.7 Å². The summed E-state index contributed by atoms with van der Waals surface area (Å²) in [6, 6.07) is 6.09. The zero-order valence-corrected chi connectivity index (χ0v) is 18.0. The van der Waals surface area contributed by atoms with Gasteiger partial charge in [0.2, 0.25) is 0 Å². The minimum Gasteiger partial charge on any atom is -0.369 e. The number of aliphatic imine (C=N–C) groups is 1. The maximum absolute atomic E-state index is 5.11. The van der Waals surface area contributed by atoms with E-state index in [0.717, 1.165) is 80.7 Å². The molecule has 2 fully saturated rings. The number of piperazine rings is 2. The number of rotatable bonds is 4. The van der Waals surface area contributed by atoms with Gasteiger partial charge >= 0.3 is 0 Å². The van der Waals surface area contributed by atoms with Crippen molar-refractivity contribution >= 4 is 34.7 Å². The van der Waals surface area contributed by atoms with E-state index < -0.39 is 0 Å². The van der Waals surface area contributed by atoms with Crippen molar-refractivity contribution in [3.8, 4) is 0 Å². The molecule has 0 atom stereocenters. The summed E-state index contributed by atoms with van der Waals surface area (Å²) in [5.41, 5.74) is 2.74. The van der Waals surface area contributed by atoms with Crippen LogP contribution >= 0.6 is 0 Å². The highest BCUT2D eigenvalue weighted by Crippen LogP contribution is 2.31. The lowest BCUT2D eigenvalue weighted by atomic mass is 10.2. The summed E-state index contributed by atoms with van der Waals surface area (Å²) >= 11 is 0. The molecule has 0 amide bonds. The van der Waals surface area contributed by atoms with Crippen molar-refractivity contribution in [3.05, 3.63) is 18.2 Å². The van der Waals surface area contributed by atoms with Crippen LogP contribution in [0, 0.1) is 0 Å². The highest BCUT2D eigenvalue weighted by molar-refractivity contribution is 5.84. The van der Waals surface area contributed by atoms with Crippen LogP contribution in [0.1, 0.15) is 0 Å². The van der Waals surface area contributed by atoms with E-state index in [1.54, 1.807) is 0 Å². The molecular weight excluding hydrogens is 364 g/mol. The third-order valence-corrected chi connectivity index (χ3v) is 5.66. The first kappa shape index (κ1) is 19.8. The zero-order valence-electron chi connectivity index (χ0n) is 18.0. The van der Waals surface area contributed by atoms with E-state index in [1.807, 2.05) is 43.5 Å². The topological polar surface area (TPSA) is 54.3 Å². The number of anilines is 2. The van der Waals surface area contributed by atoms with E-state index in [4.69, 9.17) is 9.97 Å². The van der Waals surface area contributed by atoms with Gasteiger partial charge in [0.1, 0.15) is 0 Å². The molecule has 3 heterocycles. The van der Waals surface area contributed by atoms with Crippen molar-refractivity contribution in [1.82, 2.24) is 24.7 Å². The van der Waals surface area contributed by atoms with Crippen LogP contribution in [0.2, 0.25) is 0 Å². The predicted octanol–water partition coefficient (Wildman–Crippen LogP) is 1.35. The quantitative estimate of drug-likeness (QED) is 0.571. The Morgan fingerprint density at radius 1 is 0.793 bits per heavy atom. The van der Waals surface area contributed by atoms with E-state index in [-0.39, 0.29) is 0 Å². The average molecular weight is 397 g/mol. The first-order valence-electron chi connectivity index (χ1n) is 10.4. The van der Waals surface area contributed by atoms with Crippen molar-refractivity contribution in [3.63, 3.8) is 0 Å². The summed E-state index contributed by atoms with van der Waals surface area (Å²) < 4.78 is 0. The Balaban J connectivity index is 1.73. The number of likely N-dealkylation sites (N-methyl/N-ethyl adjacent to an activating group) is 2. The number of fused-ring (bicyclic) bond motifs is 1. The number of nitrogens with zero attached hydrogens (tertiary/aromatic N) is 8. The SMILES string of the molecule is CN(C)C=Nc1ccc2nc(N3CCN(C)CC3)c(N3CCN(C)CC3)nc2c1. The predicted molar refractivity (Wildman–Crippen MR) is 121 cm³/mol. The van der Waals surface area contributed by atoms with Gasteiger partial charge in [0.05, 0.1) is 23.1 Å². The number of hydrogen-bond donors (Lipinski definition) is 0. The molecule has 8 nitrogen and oxygen atoms in total. The molecule has 1 aromatic heterocycles. The molecule has 4 rings (SSSR count). The van der Waals surface area contributed by atoms with Crippen LogP contribution in [-0.4, -0.2) is 112 Å². The monoisotopic (exact) mass is 396 g/mol. The Morgan fingerprint density at radius 3 is 1.83 bits per heavy atom. The average Bonchev–Trinajstić information content (AvgIpc) is 2.72. The third-order valence-electron chi connectivity index (χ3n) is 5.66. The lowest BCUT2D eigenvalue weighted by molar-refractivity contribution is 0.308. The molecule has 0 N–H and O–H groups in total. The van der Waals surface area contributed by atoms with Gasteiger partial charge < -0.3 is 24.5 Å². The second-order valence-electron chi connectivity index (χ2n) is 8.33. The van der Waals surface area contributed by atoms with E-state index in [9.17, 15) is 0 Å². The molecular formula is C21H32N8. The molecule has 0 unspecified atom stereocenters. The Kier molecular flexibility index (Phi) is 5.82. The highest BCUT2D eigenvalue weighted by atomic mass is 15.3. The van der Waals surface area contributed by atoms with Crippen molar-refractivity contribution in [2.75, 3.05) is 90.3 Å². The van der Waals surface area contributed by atoms with Crippen molar-refractivity contribution in [1.29, 1.82) is 0 Å². The third kappa shape index (κ3) is 4.59. The van der Waals surface area contributed by atoms with Crippen LogP contribution in [-0.2, 0) is 0 Å². The smallest absolute Gasteiger partial charge is 0.172 e. The summed E-state index contributed by atoms with van der Waals surface area (Å²) in [4.78, 5) is 26.2. The molecule has 1 aromatic carbocycles. The molecule has 2 aliphatic heterocycles. The Labute approximate surface area is 173 Å². The van der Waals surface area contributed by atoms with E-state index in [1.165, 1.54) is 0 Å².